The van der Waals surface area contributed by atoms with Gasteiger partial charge in [-0.05, 0) is 56.0 Å². The number of nitrogens with zero attached hydrogens (tertiary/aromatic N) is 5. The molecule has 1 amide bonds. The van der Waals surface area contributed by atoms with E-state index in [2.05, 4.69) is 32.8 Å². The first-order chi connectivity index (χ1) is 17.5. The monoisotopic (exact) mass is 486 g/mol. The number of hydrogen-bond donors (Lipinski definition) is 1. The molecule has 2 fully saturated rings. The number of amides is 1. The number of piperazine rings is 1. The molecular formula is C28H34N6O2. The van der Waals surface area contributed by atoms with Crippen LogP contribution in [-0.4, -0.2) is 76.1 Å². The number of pyridine rings is 1. The van der Waals surface area contributed by atoms with Crippen LogP contribution in [-0.2, 0) is 11.2 Å². The molecule has 8 nitrogen and oxygen atoms in total. The molecular weight excluding hydrogens is 452 g/mol. The number of nitrogen functional groups attached to an aromatic ring is 1. The van der Waals surface area contributed by atoms with Gasteiger partial charge in [-0.25, -0.2) is 15.0 Å². The number of aromatic nitrogens is 3. The fourth-order valence-electron chi connectivity index (χ4n) is 5.33. The minimum atomic E-state index is 0.102. The van der Waals surface area contributed by atoms with E-state index in [4.69, 9.17) is 10.5 Å². The average Bonchev–Trinajstić information content (AvgIpc) is 2.93. The Bertz CT molecular complexity index is 1220. The standard InChI is InChI=1S/C28H34N6O2/c1-3-24-26(21-5-7-25(29)30-17-21)27(32-18-31-24)20-4-6-23(19(2)16-20)28(35)34-12-10-33(11-13-34)22-8-14-36-15-9-22/h4-7,16-18,22H,3,8-15H2,1-2H3,(H2,29,30). The summed E-state index contributed by atoms with van der Waals surface area (Å²) in [7, 11) is 0. The number of hydrogen-bond acceptors (Lipinski definition) is 7. The number of ether oxygens (including phenoxy) is 1. The Kier molecular flexibility index (Phi) is 7.25. The maximum Gasteiger partial charge on any atom is 0.254 e. The van der Waals surface area contributed by atoms with Crippen LogP contribution in [0.25, 0.3) is 22.4 Å². The van der Waals surface area contributed by atoms with E-state index in [-0.39, 0.29) is 5.91 Å². The van der Waals surface area contributed by atoms with Crippen molar-refractivity contribution in [2.24, 2.45) is 0 Å². The molecule has 1 aromatic carbocycles. The van der Waals surface area contributed by atoms with Gasteiger partial charge in [-0.1, -0.05) is 13.0 Å². The number of carbonyl (C=O) groups is 1. The molecule has 188 valence electrons. The molecule has 8 heteroatoms. The summed E-state index contributed by atoms with van der Waals surface area (Å²) in [5, 5.41) is 0. The summed E-state index contributed by atoms with van der Waals surface area (Å²) in [4.78, 5) is 31.3. The van der Waals surface area contributed by atoms with Gasteiger partial charge in [0, 0.05) is 73.9 Å². The highest BCUT2D eigenvalue weighted by atomic mass is 16.5. The summed E-state index contributed by atoms with van der Waals surface area (Å²) in [5.74, 6) is 0.577. The molecule has 2 aromatic heterocycles. The molecule has 0 aliphatic carbocycles. The number of benzene rings is 1. The van der Waals surface area contributed by atoms with Gasteiger partial charge in [-0.2, -0.15) is 0 Å². The summed E-state index contributed by atoms with van der Waals surface area (Å²) in [5.41, 5.74) is 12.1. The molecule has 5 rings (SSSR count). The molecule has 0 saturated carbocycles. The van der Waals surface area contributed by atoms with Crippen molar-refractivity contribution < 1.29 is 9.53 Å². The smallest absolute Gasteiger partial charge is 0.254 e. The van der Waals surface area contributed by atoms with Crippen LogP contribution in [0.1, 0.15) is 41.4 Å². The van der Waals surface area contributed by atoms with Gasteiger partial charge in [0.05, 0.1) is 11.4 Å². The Balaban J connectivity index is 1.36. The lowest BCUT2D eigenvalue weighted by molar-refractivity contribution is 0.0137. The van der Waals surface area contributed by atoms with E-state index in [1.807, 2.05) is 30.0 Å². The predicted molar refractivity (Wildman–Crippen MR) is 141 cm³/mol. The van der Waals surface area contributed by atoms with Crippen LogP contribution in [0.3, 0.4) is 0 Å². The summed E-state index contributed by atoms with van der Waals surface area (Å²) < 4.78 is 5.51. The predicted octanol–water partition coefficient (Wildman–Crippen LogP) is 3.60. The molecule has 3 aromatic rings. The molecule has 2 aliphatic rings. The molecule has 2 aliphatic heterocycles. The van der Waals surface area contributed by atoms with E-state index in [0.29, 0.717) is 11.9 Å². The van der Waals surface area contributed by atoms with E-state index in [9.17, 15) is 4.79 Å². The zero-order valence-corrected chi connectivity index (χ0v) is 21.1. The average molecular weight is 487 g/mol. The summed E-state index contributed by atoms with van der Waals surface area (Å²) in [6.07, 6.45) is 6.32. The Morgan fingerprint density at radius 2 is 1.78 bits per heavy atom. The minimum absolute atomic E-state index is 0.102. The van der Waals surface area contributed by atoms with Crippen LogP contribution in [0.4, 0.5) is 5.82 Å². The molecule has 36 heavy (non-hydrogen) atoms. The van der Waals surface area contributed by atoms with Crippen LogP contribution in [0.2, 0.25) is 0 Å². The fraction of sp³-hybridized carbons (Fsp3) is 0.429. The van der Waals surface area contributed by atoms with Crippen molar-refractivity contribution >= 4 is 11.7 Å². The molecule has 0 atom stereocenters. The van der Waals surface area contributed by atoms with Crippen LogP contribution < -0.4 is 5.73 Å². The Labute approximate surface area is 212 Å². The van der Waals surface area contributed by atoms with Crippen molar-refractivity contribution in [3.63, 3.8) is 0 Å². The van der Waals surface area contributed by atoms with Crippen molar-refractivity contribution in [2.45, 2.75) is 39.2 Å². The van der Waals surface area contributed by atoms with Crippen molar-refractivity contribution in [3.05, 3.63) is 59.7 Å². The SMILES string of the molecule is CCc1ncnc(-c2ccc(C(=O)N3CCN(C4CCOCC4)CC3)c(C)c2)c1-c1ccc(N)nc1. The van der Waals surface area contributed by atoms with E-state index in [0.717, 1.165) is 97.9 Å². The maximum atomic E-state index is 13.4. The van der Waals surface area contributed by atoms with Gasteiger partial charge in [0.1, 0.15) is 12.1 Å². The number of rotatable bonds is 5. The van der Waals surface area contributed by atoms with Gasteiger partial charge in [0.15, 0.2) is 0 Å². The minimum Gasteiger partial charge on any atom is -0.384 e. The number of anilines is 1. The van der Waals surface area contributed by atoms with Crippen LogP contribution >= 0.6 is 0 Å². The van der Waals surface area contributed by atoms with Gasteiger partial charge >= 0.3 is 0 Å². The zero-order valence-electron chi connectivity index (χ0n) is 21.1. The van der Waals surface area contributed by atoms with Gasteiger partial charge in [0.25, 0.3) is 5.91 Å². The highest BCUT2D eigenvalue weighted by Gasteiger charge is 2.28. The van der Waals surface area contributed by atoms with Crippen molar-refractivity contribution in [1.82, 2.24) is 24.8 Å². The first-order valence-corrected chi connectivity index (χ1v) is 12.8. The van der Waals surface area contributed by atoms with Crippen LogP contribution in [0.15, 0.2) is 42.9 Å². The normalized spacial score (nSPS) is 17.3. The summed E-state index contributed by atoms with van der Waals surface area (Å²) in [6, 6.07) is 10.3. The van der Waals surface area contributed by atoms with E-state index in [1.54, 1.807) is 18.6 Å². The van der Waals surface area contributed by atoms with Crippen molar-refractivity contribution in [1.29, 1.82) is 0 Å². The lowest BCUT2D eigenvalue weighted by Crippen LogP contribution is -2.53. The van der Waals surface area contributed by atoms with Gasteiger partial charge < -0.3 is 15.4 Å². The molecule has 0 spiro atoms. The van der Waals surface area contributed by atoms with Crippen molar-refractivity contribution in [3.8, 4) is 22.4 Å². The second kappa shape index (κ2) is 10.7. The highest BCUT2D eigenvalue weighted by Crippen LogP contribution is 2.33. The third-order valence-electron chi connectivity index (χ3n) is 7.37. The highest BCUT2D eigenvalue weighted by molar-refractivity contribution is 5.96. The van der Waals surface area contributed by atoms with E-state index >= 15 is 0 Å². The second-order valence-corrected chi connectivity index (χ2v) is 9.57. The fourth-order valence-corrected chi connectivity index (χ4v) is 5.33. The molecule has 2 saturated heterocycles. The molecule has 2 N–H and O–H groups in total. The molecule has 4 heterocycles. The largest absolute Gasteiger partial charge is 0.384 e. The Hall–Kier alpha value is -3.36. The van der Waals surface area contributed by atoms with Gasteiger partial charge in [-0.15, -0.1) is 0 Å². The van der Waals surface area contributed by atoms with E-state index in [1.165, 1.54) is 0 Å². The lowest BCUT2D eigenvalue weighted by Gasteiger charge is -2.40. The lowest BCUT2D eigenvalue weighted by atomic mass is 9.95. The molecule has 0 unspecified atom stereocenters. The summed E-state index contributed by atoms with van der Waals surface area (Å²) >= 11 is 0. The third kappa shape index (κ3) is 4.96. The quantitative estimate of drug-likeness (QED) is 0.588. The first-order valence-electron chi connectivity index (χ1n) is 12.8. The first kappa shape index (κ1) is 24.3. The third-order valence-corrected chi connectivity index (χ3v) is 7.37. The number of carbonyl (C=O) groups excluding carboxylic acids is 1. The van der Waals surface area contributed by atoms with E-state index < -0.39 is 0 Å². The van der Waals surface area contributed by atoms with Crippen molar-refractivity contribution in [2.75, 3.05) is 45.1 Å². The van der Waals surface area contributed by atoms with Crippen LogP contribution in [0, 0.1) is 6.92 Å². The van der Waals surface area contributed by atoms with Gasteiger partial charge in [0.2, 0.25) is 0 Å². The Morgan fingerprint density at radius 1 is 1.03 bits per heavy atom. The molecule has 0 bridgehead atoms. The topological polar surface area (TPSA) is 97.5 Å². The second-order valence-electron chi connectivity index (χ2n) is 9.57. The maximum absolute atomic E-state index is 13.4. The number of aryl methyl sites for hydroxylation is 2. The number of nitrogens with two attached hydrogens (primary N) is 1. The zero-order chi connectivity index (χ0) is 25.1. The Morgan fingerprint density at radius 3 is 2.44 bits per heavy atom. The summed E-state index contributed by atoms with van der Waals surface area (Å²) in [6.45, 7) is 9.14. The van der Waals surface area contributed by atoms with Crippen LogP contribution in [0.5, 0.6) is 0 Å². The molecule has 0 radical (unpaired) electrons. The van der Waals surface area contributed by atoms with Gasteiger partial charge in [-0.3, -0.25) is 9.69 Å².